The molecule has 0 saturated carbocycles. The van der Waals surface area contributed by atoms with E-state index in [1.54, 1.807) is 13.2 Å². The first-order valence-electron chi connectivity index (χ1n) is 13.0. The fourth-order valence-corrected chi connectivity index (χ4v) is 4.80. The van der Waals surface area contributed by atoms with Gasteiger partial charge in [-0.1, -0.05) is 54.1 Å². The molecule has 1 aliphatic rings. The van der Waals surface area contributed by atoms with Crippen molar-refractivity contribution in [2.45, 2.75) is 51.6 Å². The van der Waals surface area contributed by atoms with E-state index in [9.17, 15) is 14.4 Å². The minimum Gasteiger partial charge on any atom is -0.497 e. The Morgan fingerprint density at radius 3 is 2.33 bits per heavy atom. The van der Waals surface area contributed by atoms with Crippen molar-refractivity contribution in [1.82, 2.24) is 10.6 Å². The number of rotatable bonds is 6. The van der Waals surface area contributed by atoms with Crippen LogP contribution >= 0.6 is 0 Å². The summed E-state index contributed by atoms with van der Waals surface area (Å²) in [6.45, 7) is 7.43. The highest BCUT2D eigenvalue weighted by Crippen LogP contribution is 2.41. The predicted octanol–water partition coefficient (Wildman–Crippen LogP) is 4.98. The normalized spacial score (nSPS) is 17.1. The van der Waals surface area contributed by atoms with Gasteiger partial charge in [-0.2, -0.15) is 0 Å². The van der Waals surface area contributed by atoms with Crippen molar-refractivity contribution in [2.75, 3.05) is 23.9 Å². The smallest absolute Gasteiger partial charge is 0.319 e. The van der Waals surface area contributed by atoms with Crippen molar-refractivity contribution in [3.8, 4) is 5.75 Å². The summed E-state index contributed by atoms with van der Waals surface area (Å²) in [5, 5.41) is 8.64. The number of hydrogen-bond donors (Lipinski definition) is 3. The number of methoxy groups -OCH3 is 1. The van der Waals surface area contributed by atoms with E-state index in [2.05, 4.69) is 16.0 Å². The molecule has 39 heavy (non-hydrogen) atoms. The number of carbonyl (C=O) groups is 3. The van der Waals surface area contributed by atoms with Gasteiger partial charge in [-0.25, -0.2) is 4.79 Å². The van der Waals surface area contributed by atoms with Gasteiger partial charge in [0.15, 0.2) is 0 Å². The van der Waals surface area contributed by atoms with Gasteiger partial charge in [0.2, 0.25) is 11.8 Å². The monoisotopic (exact) mass is 528 g/mol. The maximum absolute atomic E-state index is 14.1. The molecular weight excluding hydrogens is 492 g/mol. The first-order chi connectivity index (χ1) is 18.5. The largest absolute Gasteiger partial charge is 0.497 e. The zero-order chi connectivity index (χ0) is 28.2. The van der Waals surface area contributed by atoms with E-state index in [1.807, 2.05) is 94.4 Å². The van der Waals surface area contributed by atoms with Gasteiger partial charge in [0.05, 0.1) is 12.8 Å². The summed E-state index contributed by atoms with van der Waals surface area (Å²) in [6, 6.07) is 21.5. The lowest BCUT2D eigenvalue weighted by atomic mass is 9.86. The van der Waals surface area contributed by atoms with Gasteiger partial charge in [-0.15, -0.1) is 0 Å². The molecule has 2 unspecified atom stereocenters. The Bertz CT molecular complexity index is 1330. The third-order valence-corrected chi connectivity index (χ3v) is 6.57. The molecule has 2 atom stereocenters. The molecule has 1 aliphatic heterocycles. The Labute approximate surface area is 229 Å². The molecule has 0 radical (unpaired) electrons. The van der Waals surface area contributed by atoms with Crippen molar-refractivity contribution in [3.63, 3.8) is 0 Å². The highest BCUT2D eigenvalue weighted by molar-refractivity contribution is 6.05. The molecule has 1 heterocycles. The van der Waals surface area contributed by atoms with E-state index in [1.165, 1.54) is 4.90 Å². The fraction of sp³-hybridized carbons (Fsp3) is 0.323. The number of benzene rings is 3. The summed E-state index contributed by atoms with van der Waals surface area (Å²) in [6.07, 6.45) is 0.320. The summed E-state index contributed by atoms with van der Waals surface area (Å²) >= 11 is 0. The molecule has 3 N–H and O–H groups in total. The Morgan fingerprint density at radius 1 is 1.00 bits per heavy atom. The Morgan fingerprint density at radius 2 is 1.69 bits per heavy atom. The number of nitrogens with zero attached hydrogens (tertiary/aromatic N) is 1. The average molecular weight is 529 g/mol. The number of hydrogen-bond acceptors (Lipinski definition) is 4. The molecule has 3 aromatic rings. The number of aryl methyl sites for hydroxylation is 1. The highest BCUT2D eigenvalue weighted by atomic mass is 16.5. The van der Waals surface area contributed by atoms with Crippen LogP contribution in [0.4, 0.5) is 16.2 Å². The third-order valence-electron chi connectivity index (χ3n) is 6.57. The van der Waals surface area contributed by atoms with E-state index >= 15 is 0 Å². The van der Waals surface area contributed by atoms with Crippen LogP contribution in [0.25, 0.3) is 0 Å². The summed E-state index contributed by atoms with van der Waals surface area (Å²) in [5.41, 5.74) is 3.68. The summed E-state index contributed by atoms with van der Waals surface area (Å²) in [7, 11) is 1.56. The van der Waals surface area contributed by atoms with Crippen LogP contribution in [0.1, 0.15) is 49.8 Å². The molecule has 0 spiro atoms. The first kappa shape index (κ1) is 27.7. The molecule has 4 amide bonds. The van der Waals surface area contributed by atoms with Crippen molar-refractivity contribution in [3.05, 3.63) is 89.5 Å². The number of nitrogens with one attached hydrogen (secondary N) is 3. The molecule has 0 aliphatic carbocycles. The second-order valence-corrected chi connectivity index (χ2v) is 10.9. The number of amides is 4. The standard InChI is InChI=1S/C31H36N4O4/c1-20-11-13-22(14-12-20)32-30(38)33-26-18-25(21-9-7-6-8-10-21)24-16-15-23(39-5)17-27(24)35(29(26)37)19-28(36)34-31(2,3)4/h6-17,25-26H,18-19H2,1-5H3,(H,34,36)(H2,32,33,38). The lowest BCUT2D eigenvalue weighted by Gasteiger charge is -2.28. The van der Waals surface area contributed by atoms with Gasteiger partial charge in [-0.3, -0.25) is 9.59 Å². The lowest BCUT2D eigenvalue weighted by molar-refractivity contribution is -0.125. The van der Waals surface area contributed by atoms with Gasteiger partial charge >= 0.3 is 6.03 Å². The molecule has 204 valence electrons. The van der Waals surface area contributed by atoms with Crippen LogP contribution in [0, 0.1) is 6.92 Å². The molecule has 3 aromatic carbocycles. The number of fused-ring (bicyclic) bond motifs is 1. The van der Waals surface area contributed by atoms with Crippen LogP contribution in [0.3, 0.4) is 0 Å². The van der Waals surface area contributed by atoms with Crippen LogP contribution in [-0.4, -0.2) is 43.1 Å². The van der Waals surface area contributed by atoms with E-state index < -0.39 is 17.6 Å². The first-order valence-corrected chi connectivity index (χ1v) is 13.0. The third kappa shape index (κ3) is 6.96. The van der Waals surface area contributed by atoms with Gasteiger partial charge in [0.25, 0.3) is 0 Å². The van der Waals surface area contributed by atoms with E-state index in [4.69, 9.17) is 4.74 Å². The lowest BCUT2D eigenvalue weighted by Crippen LogP contribution is -2.53. The summed E-state index contributed by atoms with van der Waals surface area (Å²) in [5.74, 6) is -0.314. The van der Waals surface area contributed by atoms with Crippen LogP contribution in [0.2, 0.25) is 0 Å². The van der Waals surface area contributed by atoms with Gasteiger partial charge in [-0.05, 0) is 63.4 Å². The Hall–Kier alpha value is -4.33. The number of ether oxygens (including phenoxy) is 1. The average Bonchev–Trinajstić information content (AvgIpc) is 2.99. The van der Waals surface area contributed by atoms with Gasteiger partial charge in [0.1, 0.15) is 18.3 Å². The van der Waals surface area contributed by atoms with E-state index in [-0.39, 0.29) is 24.3 Å². The van der Waals surface area contributed by atoms with E-state index in [0.29, 0.717) is 23.5 Å². The van der Waals surface area contributed by atoms with Gasteiger partial charge < -0.3 is 25.6 Å². The van der Waals surface area contributed by atoms with E-state index in [0.717, 1.165) is 16.7 Å². The highest BCUT2D eigenvalue weighted by Gasteiger charge is 2.38. The van der Waals surface area contributed by atoms with Crippen LogP contribution in [-0.2, 0) is 9.59 Å². The van der Waals surface area contributed by atoms with Crippen LogP contribution in [0.5, 0.6) is 5.75 Å². The molecule has 8 nitrogen and oxygen atoms in total. The second-order valence-electron chi connectivity index (χ2n) is 10.9. The molecule has 0 aromatic heterocycles. The second kappa shape index (κ2) is 11.6. The molecule has 8 heteroatoms. The molecule has 4 rings (SSSR count). The Kier molecular flexibility index (Phi) is 8.24. The number of urea groups is 1. The minimum atomic E-state index is -0.888. The quantitative estimate of drug-likeness (QED) is 0.420. The number of anilines is 2. The van der Waals surface area contributed by atoms with Crippen LogP contribution < -0.4 is 25.6 Å². The molecule has 0 bridgehead atoms. The zero-order valence-electron chi connectivity index (χ0n) is 23.1. The van der Waals surface area contributed by atoms with Crippen molar-refractivity contribution in [1.29, 1.82) is 0 Å². The predicted molar refractivity (Wildman–Crippen MR) is 153 cm³/mol. The fourth-order valence-electron chi connectivity index (χ4n) is 4.80. The molecule has 0 fully saturated rings. The SMILES string of the molecule is COc1ccc2c(c1)N(CC(=O)NC(C)(C)C)C(=O)C(NC(=O)Nc1ccc(C)cc1)CC2c1ccccc1. The van der Waals surface area contributed by atoms with Crippen molar-refractivity contribution in [2.24, 2.45) is 0 Å². The molecule has 0 saturated heterocycles. The van der Waals surface area contributed by atoms with Gasteiger partial charge in [0, 0.05) is 23.2 Å². The topological polar surface area (TPSA) is 99.8 Å². The minimum absolute atomic E-state index is 0.199. The summed E-state index contributed by atoms with van der Waals surface area (Å²) < 4.78 is 5.48. The molecular formula is C31H36N4O4. The van der Waals surface area contributed by atoms with Crippen LogP contribution in [0.15, 0.2) is 72.8 Å². The maximum atomic E-state index is 14.1. The Balaban J connectivity index is 1.73. The maximum Gasteiger partial charge on any atom is 0.319 e. The van der Waals surface area contributed by atoms with Crippen molar-refractivity contribution < 1.29 is 19.1 Å². The zero-order valence-corrected chi connectivity index (χ0v) is 23.1. The summed E-state index contributed by atoms with van der Waals surface area (Å²) in [4.78, 5) is 41.7. The van der Waals surface area contributed by atoms with Crippen molar-refractivity contribution >= 4 is 29.2 Å². The number of carbonyl (C=O) groups excluding carboxylic acids is 3.